The van der Waals surface area contributed by atoms with Gasteiger partial charge in [0.25, 0.3) is 0 Å². The number of nitrogens with one attached hydrogen (secondary N) is 1. The number of anilines is 1. The molecule has 214 valence electrons. The van der Waals surface area contributed by atoms with E-state index in [1.807, 2.05) is 4.90 Å². The van der Waals surface area contributed by atoms with Crippen LogP contribution in [-0.2, 0) is 28.8 Å². The van der Waals surface area contributed by atoms with E-state index in [9.17, 15) is 14.3 Å². The Bertz CT molecular complexity index is 1290. The van der Waals surface area contributed by atoms with E-state index in [-0.39, 0.29) is 17.4 Å². The predicted octanol–water partition coefficient (Wildman–Crippen LogP) is 4.80. The summed E-state index contributed by atoms with van der Waals surface area (Å²) < 4.78 is 31.7. The number of oxazole rings is 1. The van der Waals surface area contributed by atoms with Crippen molar-refractivity contribution in [2.24, 2.45) is 0 Å². The predicted molar refractivity (Wildman–Crippen MR) is 147 cm³/mol. The second-order valence-electron chi connectivity index (χ2n) is 10.5. The highest BCUT2D eigenvalue weighted by atomic mass is 19.1. The van der Waals surface area contributed by atoms with Gasteiger partial charge in [-0.25, -0.2) is 14.4 Å². The molecule has 2 aliphatic rings. The number of fused-ring (bicyclic) bond motifs is 1. The van der Waals surface area contributed by atoms with E-state index in [1.54, 1.807) is 12.3 Å². The van der Waals surface area contributed by atoms with Crippen LogP contribution in [0.1, 0.15) is 66.3 Å². The molecule has 0 amide bonds. The quantitative estimate of drug-likeness (QED) is 0.289. The number of rotatable bonds is 13. The Morgan fingerprint density at radius 3 is 3.00 bits per heavy atom. The van der Waals surface area contributed by atoms with Gasteiger partial charge in [-0.1, -0.05) is 12.5 Å². The van der Waals surface area contributed by atoms with Crippen LogP contribution in [0.15, 0.2) is 41.3 Å². The maximum absolute atomic E-state index is 15.0. The van der Waals surface area contributed by atoms with Crippen molar-refractivity contribution in [3.63, 3.8) is 0 Å². The second kappa shape index (κ2) is 13.2. The molecule has 0 spiro atoms. The van der Waals surface area contributed by atoms with Crippen LogP contribution in [0.4, 0.5) is 10.2 Å². The Morgan fingerprint density at radius 2 is 2.20 bits per heavy atom. The molecular weight excluding hydrogens is 515 g/mol. The molecular formula is C30H37FN4O5. The molecule has 2 atom stereocenters. The number of hydrogen-bond donors (Lipinski definition) is 2. The van der Waals surface area contributed by atoms with Crippen LogP contribution in [0, 0.1) is 5.82 Å². The number of pyridine rings is 1. The topological polar surface area (TPSA) is 110 Å². The minimum Gasteiger partial charge on any atom is -0.493 e. The van der Waals surface area contributed by atoms with Crippen molar-refractivity contribution >= 4 is 11.8 Å². The second-order valence-corrected chi connectivity index (χ2v) is 10.5. The van der Waals surface area contributed by atoms with Gasteiger partial charge in [0.2, 0.25) is 0 Å². The van der Waals surface area contributed by atoms with Gasteiger partial charge in [0, 0.05) is 43.9 Å². The van der Waals surface area contributed by atoms with Gasteiger partial charge >= 0.3 is 5.97 Å². The van der Waals surface area contributed by atoms with Gasteiger partial charge in [0.1, 0.15) is 17.6 Å². The van der Waals surface area contributed by atoms with Crippen molar-refractivity contribution in [2.45, 2.75) is 63.5 Å². The Balaban J connectivity index is 1.12. The van der Waals surface area contributed by atoms with Crippen LogP contribution in [0.5, 0.6) is 5.75 Å². The summed E-state index contributed by atoms with van der Waals surface area (Å²) in [6, 6.07) is 6.31. The lowest BCUT2D eigenvalue weighted by atomic mass is 9.99. The zero-order valence-electron chi connectivity index (χ0n) is 22.9. The van der Waals surface area contributed by atoms with E-state index >= 15 is 0 Å². The van der Waals surface area contributed by atoms with Crippen LogP contribution in [-0.4, -0.2) is 65.4 Å². The van der Waals surface area contributed by atoms with Gasteiger partial charge in [0.15, 0.2) is 18.0 Å². The molecule has 1 saturated heterocycles. The standard InChI is InChI=1S/C30H37FN4O5/c1-38-28-25(15-20(16-26(28)31)14-24-17-32-19-40-24)27(30(36)37)35-12-10-23(18-35)39-13-4-2-3-7-22-9-8-21-6-5-11-33-29(21)34-22/h8-9,15-17,19,23,27H,2-7,10-14,18H2,1H3,(H,33,34)(H,36,37)/t23-,27?/m1/s1. The maximum atomic E-state index is 15.0. The molecule has 10 heteroatoms. The van der Waals surface area contributed by atoms with Gasteiger partial charge in [0.05, 0.1) is 19.4 Å². The number of aliphatic carboxylic acids is 1. The summed E-state index contributed by atoms with van der Waals surface area (Å²) in [5.41, 5.74) is 3.31. The highest BCUT2D eigenvalue weighted by Crippen LogP contribution is 2.36. The average Bonchev–Trinajstić information content (AvgIpc) is 3.63. The Kier molecular flexibility index (Phi) is 9.28. The van der Waals surface area contributed by atoms with Crippen molar-refractivity contribution < 1.29 is 28.2 Å². The Hall–Kier alpha value is -3.50. The molecule has 0 saturated carbocycles. The summed E-state index contributed by atoms with van der Waals surface area (Å²) >= 11 is 0. The Morgan fingerprint density at radius 1 is 1.30 bits per heavy atom. The number of methoxy groups -OCH3 is 1. The van der Waals surface area contributed by atoms with Gasteiger partial charge in [-0.2, -0.15) is 0 Å². The molecule has 9 nitrogen and oxygen atoms in total. The summed E-state index contributed by atoms with van der Waals surface area (Å²) in [6.07, 6.45) is 10.0. The SMILES string of the molecule is COc1c(F)cc(Cc2cnco2)cc1C(C(=O)O)N1CC[C@@H](OCCCCCc2ccc3c(n2)NCCC3)C1. The summed E-state index contributed by atoms with van der Waals surface area (Å²) in [6.45, 7) is 2.62. The molecule has 1 unspecified atom stereocenters. The van der Waals surface area contributed by atoms with Gasteiger partial charge in [-0.15, -0.1) is 0 Å². The molecule has 0 aliphatic carbocycles. The minimum absolute atomic E-state index is 0.0534. The number of hydrogen-bond acceptors (Lipinski definition) is 8. The van der Waals surface area contributed by atoms with E-state index in [0.717, 1.165) is 63.0 Å². The number of carboxylic acids is 1. The first kappa shape index (κ1) is 28.0. The summed E-state index contributed by atoms with van der Waals surface area (Å²) in [5.74, 6) is -0.106. The first-order valence-electron chi connectivity index (χ1n) is 14.1. The zero-order valence-corrected chi connectivity index (χ0v) is 22.9. The lowest BCUT2D eigenvalue weighted by Crippen LogP contribution is -2.34. The third-order valence-electron chi connectivity index (χ3n) is 7.65. The van der Waals surface area contributed by atoms with Crippen LogP contribution < -0.4 is 10.1 Å². The van der Waals surface area contributed by atoms with Crippen molar-refractivity contribution in [1.29, 1.82) is 0 Å². The molecule has 5 rings (SSSR count). The van der Waals surface area contributed by atoms with E-state index in [0.29, 0.717) is 37.4 Å². The van der Waals surface area contributed by atoms with Gasteiger partial charge < -0.3 is 24.3 Å². The average molecular weight is 553 g/mol. The largest absolute Gasteiger partial charge is 0.493 e. The third kappa shape index (κ3) is 6.79. The van der Waals surface area contributed by atoms with Crippen LogP contribution >= 0.6 is 0 Å². The number of nitrogens with zero attached hydrogens (tertiary/aromatic N) is 3. The molecule has 2 N–H and O–H groups in total. The van der Waals surface area contributed by atoms with Gasteiger partial charge in [-0.3, -0.25) is 9.69 Å². The number of likely N-dealkylation sites (tertiary alicyclic amines) is 1. The molecule has 0 radical (unpaired) electrons. The Labute approximate surface area is 233 Å². The van der Waals surface area contributed by atoms with E-state index in [1.165, 1.54) is 25.1 Å². The molecule has 4 heterocycles. The molecule has 40 heavy (non-hydrogen) atoms. The van der Waals surface area contributed by atoms with E-state index < -0.39 is 17.8 Å². The number of unbranched alkanes of at least 4 members (excludes halogenated alkanes) is 2. The minimum atomic E-state index is -1.05. The highest BCUT2D eigenvalue weighted by molar-refractivity contribution is 5.77. The number of ether oxygens (including phenoxy) is 2. The summed E-state index contributed by atoms with van der Waals surface area (Å²) in [4.78, 5) is 22.9. The number of aromatic nitrogens is 2. The maximum Gasteiger partial charge on any atom is 0.325 e. The lowest BCUT2D eigenvalue weighted by molar-refractivity contribution is -0.143. The molecule has 1 fully saturated rings. The van der Waals surface area contributed by atoms with Crippen molar-refractivity contribution in [3.05, 3.63) is 70.8 Å². The van der Waals surface area contributed by atoms with Crippen molar-refractivity contribution in [2.75, 3.05) is 38.7 Å². The van der Waals surface area contributed by atoms with Crippen LogP contribution in [0.25, 0.3) is 0 Å². The van der Waals surface area contributed by atoms with Crippen molar-refractivity contribution in [3.8, 4) is 5.75 Å². The van der Waals surface area contributed by atoms with E-state index in [2.05, 4.69) is 22.4 Å². The lowest BCUT2D eigenvalue weighted by Gasteiger charge is -2.26. The number of benzene rings is 1. The smallest absolute Gasteiger partial charge is 0.325 e. The monoisotopic (exact) mass is 552 g/mol. The van der Waals surface area contributed by atoms with E-state index in [4.69, 9.17) is 18.9 Å². The molecule has 2 aromatic heterocycles. The van der Waals surface area contributed by atoms with Crippen LogP contribution in [0.2, 0.25) is 0 Å². The number of halogens is 1. The fourth-order valence-corrected chi connectivity index (χ4v) is 5.68. The summed E-state index contributed by atoms with van der Waals surface area (Å²) in [7, 11) is 1.35. The highest BCUT2D eigenvalue weighted by Gasteiger charge is 2.36. The normalized spacial score (nSPS) is 17.8. The van der Waals surface area contributed by atoms with Crippen molar-refractivity contribution in [1.82, 2.24) is 14.9 Å². The molecule has 1 aromatic carbocycles. The third-order valence-corrected chi connectivity index (χ3v) is 7.65. The molecule has 0 bridgehead atoms. The first-order valence-corrected chi connectivity index (χ1v) is 14.1. The first-order chi connectivity index (χ1) is 19.5. The molecule has 3 aromatic rings. The van der Waals surface area contributed by atoms with Gasteiger partial charge in [-0.05, 0) is 67.9 Å². The molecule has 2 aliphatic heterocycles. The number of carboxylic acid groups (broad SMARTS) is 1. The number of carbonyl (C=O) groups is 1. The number of aryl methyl sites for hydroxylation is 2. The summed E-state index contributed by atoms with van der Waals surface area (Å²) in [5, 5.41) is 13.6. The zero-order chi connectivity index (χ0) is 27.9. The fraction of sp³-hybridized carbons (Fsp3) is 0.500. The fourth-order valence-electron chi connectivity index (χ4n) is 5.68. The van der Waals surface area contributed by atoms with Crippen LogP contribution in [0.3, 0.4) is 0 Å².